The van der Waals surface area contributed by atoms with Crippen molar-refractivity contribution in [2.75, 3.05) is 5.75 Å². The summed E-state index contributed by atoms with van der Waals surface area (Å²) in [4.78, 5) is 21.4. The number of carbonyl (C=O) groups excluding carboxylic acids is 1. The van der Waals surface area contributed by atoms with Crippen LogP contribution in [-0.2, 0) is 16.0 Å². The number of aliphatic carboxylic acids is 1. The highest BCUT2D eigenvalue weighted by molar-refractivity contribution is 8.13. The molecule has 96 valence electrons. The SMILES string of the molecule is CC(=O)SCC=Cc1ccc(Cl)c(CC(=O)O)c1. The van der Waals surface area contributed by atoms with Crippen molar-refractivity contribution in [2.24, 2.45) is 0 Å². The minimum absolute atomic E-state index is 0.0716. The number of hydrogen-bond donors (Lipinski definition) is 1. The zero-order chi connectivity index (χ0) is 13.5. The number of carboxylic acid groups (broad SMARTS) is 1. The van der Waals surface area contributed by atoms with Gasteiger partial charge >= 0.3 is 5.97 Å². The predicted molar refractivity (Wildman–Crippen MR) is 75.0 cm³/mol. The van der Waals surface area contributed by atoms with Gasteiger partial charge in [0.15, 0.2) is 5.12 Å². The molecule has 1 aromatic carbocycles. The van der Waals surface area contributed by atoms with Crippen LogP contribution in [0, 0.1) is 0 Å². The van der Waals surface area contributed by atoms with Crippen LogP contribution in [0.2, 0.25) is 5.02 Å². The maximum Gasteiger partial charge on any atom is 0.307 e. The standard InChI is InChI=1S/C13H13ClO3S/c1-9(15)18-6-2-3-10-4-5-12(14)11(7-10)8-13(16)17/h2-5,7H,6,8H2,1H3,(H,16,17). The highest BCUT2D eigenvalue weighted by Crippen LogP contribution is 2.19. The quantitative estimate of drug-likeness (QED) is 0.902. The van der Waals surface area contributed by atoms with Crippen LogP contribution in [0.5, 0.6) is 0 Å². The number of carboxylic acids is 1. The molecule has 0 amide bonds. The van der Waals surface area contributed by atoms with Gasteiger partial charge in [-0.05, 0) is 23.3 Å². The van der Waals surface area contributed by atoms with Gasteiger partial charge in [-0.1, -0.05) is 41.6 Å². The number of carbonyl (C=O) groups is 2. The Hall–Kier alpha value is -1.26. The van der Waals surface area contributed by atoms with Gasteiger partial charge in [0.2, 0.25) is 0 Å². The highest BCUT2D eigenvalue weighted by atomic mass is 35.5. The highest BCUT2D eigenvalue weighted by Gasteiger charge is 2.05. The Morgan fingerprint density at radius 2 is 2.17 bits per heavy atom. The number of rotatable bonds is 5. The Morgan fingerprint density at radius 3 is 2.78 bits per heavy atom. The van der Waals surface area contributed by atoms with E-state index in [-0.39, 0.29) is 11.5 Å². The van der Waals surface area contributed by atoms with Gasteiger partial charge in [-0.25, -0.2) is 0 Å². The first-order chi connectivity index (χ1) is 8.49. The Kier molecular flexibility index (Phi) is 5.95. The molecular formula is C13H13ClO3S. The van der Waals surface area contributed by atoms with E-state index in [1.807, 2.05) is 18.2 Å². The van der Waals surface area contributed by atoms with Crippen LogP contribution >= 0.6 is 23.4 Å². The van der Waals surface area contributed by atoms with Crippen molar-refractivity contribution in [3.63, 3.8) is 0 Å². The molecule has 18 heavy (non-hydrogen) atoms. The van der Waals surface area contributed by atoms with Crippen LogP contribution in [-0.4, -0.2) is 21.9 Å². The van der Waals surface area contributed by atoms with E-state index in [0.29, 0.717) is 16.3 Å². The molecule has 5 heteroatoms. The van der Waals surface area contributed by atoms with E-state index < -0.39 is 5.97 Å². The smallest absolute Gasteiger partial charge is 0.307 e. The Bertz CT molecular complexity index is 483. The minimum atomic E-state index is -0.912. The zero-order valence-electron chi connectivity index (χ0n) is 9.85. The maximum absolute atomic E-state index is 10.7. The van der Waals surface area contributed by atoms with Gasteiger partial charge < -0.3 is 5.11 Å². The summed E-state index contributed by atoms with van der Waals surface area (Å²) in [6, 6.07) is 5.23. The molecule has 0 spiro atoms. The summed E-state index contributed by atoms with van der Waals surface area (Å²) in [6.07, 6.45) is 3.61. The number of hydrogen-bond acceptors (Lipinski definition) is 3. The average Bonchev–Trinajstić information content (AvgIpc) is 2.27. The van der Waals surface area contributed by atoms with Crippen molar-refractivity contribution in [3.05, 3.63) is 40.4 Å². The van der Waals surface area contributed by atoms with Crippen LogP contribution < -0.4 is 0 Å². The fourth-order valence-electron chi connectivity index (χ4n) is 1.35. The minimum Gasteiger partial charge on any atom is -0.481 e. The van der Waals surface area contributed by atoms with Gasteiger partial charge in [0.1, 0.15) is 0 Å². The third kappa shape index (κ3) is 5.38. The first kappa shape index (κ1) is 14.8. The van der Waals surface area contributed by atoms with Gasteiger partial charge in [0.25, 0.3) is 0 Å². The second kappa shape index (κ2) is 7.24. The molecule has 3 nitrogen and oxygen atoms in total. The number of halogens is 1. The lowest BCUT2D eigenvalue weighted by molar-refractivity contribution is -0.136. The van der Waals surface area contributed by atoms with Crippen molar-refractivity contribution in [1.29, 1.82) is 0 Å². The lowest BCUT2D eigenvalue weighted by Crippen LogP contribution is -2.00. The number of benzene rings is 1. The molecule has 0 aromatic heterocycles. The molecule has 0 fully saturated rings. The van der Waals surface area contributed by atoms with Crippen molar-refractivity contribution >= 4 is 40.5 Å². The summed E-state index contributed by atoms with van der Waals surface area (Å²) in [5.74, 6) is -0.308. The summed E-state index contributed by atoms with van der Waals surface area (Å²) >= 11 is 7.13. The first-order valence-electron chi connectivity index (χ1n) is 5.29. The van der Waals surface area contributed by atoms with Gasteiger partial charge in [-0.3, -0.25) is 9.59 Å². The lowest BCUT2D eigenvalue weighted by Gasteiger charge is -2.02. The molecule has 0 atom stereocenters. The molecule has 0 unspecified atom stereocenters. The zero-order valence-corrected chi connectivity index (χ0v) is 11.4. The van der Waals surface area contributed by atoms with Crippen LogP contribution in [0.3, 0.4) is 0 Å². The third-order valence-electron chi connectivity index (χ3n) is 2.10. The molecule has 0 bridgehead atoms. The van der Waals surface area contributed by atoms with Crippen molar-refractivity contribution in [1.82, 2.24) is 0 Å². The molecule has 0 heterocycles. The maximum atomic E-state index is 10.7. The lowest BCUT2D eigenvalue weighted by atomic mass is 10.1. The molecule has 0 aliphatic carbocycles. The van der Waals surface area contributed by atoms with Gasteiger partial charge in [0.05, 0.1) is 6.42 Å². The summed E-state index contributed by atoms with van der Waals surface area (Å²) in [6.45, 7) is 1.52. The number of thioether (sulfide) groups is 1. The van der Waals surface area contributed by atoms with Crippen molar-refractivity contribution in [3.8, 4) is 0 Å². The fraction of sp³-hybridized carbons (Fsp3) is 0.231. The van der Waals surface area contributed by atoms with Crippen LogP contribution in [0.1, 0.15) is 18.1 Å². The Labute approximate surface area is 115 Å². The molecule has 0 saturated carbocycles. The van der Waals surface area contributed by atoms with Crippen LogP contribution in [0.15, 0.2) is 24.3 Å². The van der Waals surface area contributed by atoms with Crippen LogP contribution in [0.25, 0.3) is 6.08 Å². The third-order valence-corrected chi connectivity index (χ3v) is 3.24. The molecule has 1 aromatic rings. The van der Waals surface area contributed by atoms with E-state index in [1.165, 1.54) is 18.7 Å². The average molecular weight is 285 g/mol. The normalized spacial score (nSPS) is 10.8. The second-order valence-electron chi connectivity index (χ2n) is 3.63. The van der Waals surface area contributed by atoms with E-state index in [4.69, 9.17) is 16.7 Å². The van der Waals surface area contributed by atoms with Crippen LogP contribution in [0.4, 0.5) is 0 Å². The monoisotopic (exact) mass is 284 g/mol. The van der Waals surface area contributed by atoms with Crippen molar-refractivity contribution in [2.45, 2.75) is 13.3 Å². The van der Waals surface area contributed by atoms with E-state index in [2.05, 4.69) is 0 Å². The molecule has 0 radical (unpaired) electrons. The molecular weight excluding hydrogens is 272 g/mol. The summed E-state index contributed by atoms with van der Waals surface area (Å²) < 4.78 is 0. The molecule has 0 aliphatic rings. The first-order valence-corrected chi connectivity index (χ1v) is 6.65. The molecule has 1 N–H and O–H groups in total. The largest absolute Gasteiger partial charge is 0.481 e. The summed E-state index contributed by atoms with van der Waals surface area (Å²) in [7, 11) is 0. The van der Waals surface area contributed by atoms with Gasteiger partial charge in [0, 0.05) is 17.7 Å². The van der Waals surface area contributed by atoms with Gasteiger partial charge in [-0.15, -0.1) is 0 Å². The molecule has 0 aliphatic heterocycles. The van der Waals surface area contributed by atoms with Gasteiger partial charge in [-0.2, -0.15) is 0 Å². The van der Waals surface area contributed by atoms with E-state index >= 15 is 0 Å². The summed E-state index contributed by atoms with van der Waals surface area (Å²) in [5, 5.41) is 9.26. The van der Waals surface area contributed by atoms with E-state index in [9.17, 15) is 9.59 Å². The second-order valence-corrected chi connectivity index (χ2v) is 5.23. The van der Waals surface area contributed by atoms with E-state index in [0.717, 1.165) is 5.56 Å². The fourth-order valence-corrected chi connectivity index (χ4v) is 1.96. The topological polar surface area (TPSA) is 54.4 Å². The summed E-state index contributed by atoms with van der Waals surface area (Å²) in [5.41, 5.74) is 1.46. The Morgan fingerprint density at radius 1 is 1.44 bits per heavy atom. The Balaban J connectivity index is 2.72. The molecule has 0 saturated heterocycles. The van der Waals surface area contributed by atoms with Crippen molar-refractivity contribution < 1.29 is 14.7 Å². The molecule has 1 rings (SSSR count). The predicted octanol–water partition coefficient (Wildman–Crippen LogP) is 3.26. The van der Waals surface area contributed by atoms with E-state index in [1.54, 1.807) is 12.1 Å².